The Bertz CT molecular complexity index is 903. The summed E-state index contributed by atoms with van der Waals surface area (Å²) in [6.45, 7) is 4.75. The predicted molar refractivity (Wildman–Crippen MR) is 107 cm³/mol. The van der Waals surface area contributed by atoms with Crippen LogP contribution in [0.5, 0.6) is 0 Å². The average molecular weight is 418 g/mol. The number of carbonyl (C=O) groups excluding carboxylic acids is 3. The van der Waals surface area contributed by atoms with Crippen molar-refractivity contribution in [2.75, 3.05) is 5.32 Å². The molecule has 8 heteroatoms. The lowest BCUT2D eigenvalue weighted by Crippen LogP contribution is -2.47. The number of esters is 1. The van der Waals surface area contributed by atoms with Crippen molar-refractivity contribution in [1.82, 2.24) is 5.32 Å². The third-order valence-electron chi connectivity index (χ3n) is 4.29. The van der Waals surface area contributed by atoms with Crippen LogP contribution in [0.3, 0.4) is 0 Å². The summed E-state index contributed by atoms with van der Waals surface area (Å²) >= 11 is 0. The van der Waals surface area contributed by atoms with Gasteiger partial charge in [-0.2, -0.15) is 0 Å². The summed E-state index contributed by atoms with van der Waals surface area (Å²) in [7, 11) is 0. The number of benzene rings is 2. The van der Waals surface area contributed by atoms with Crippen LogP contribution in [0, 0.1) is 17.6 Å². The SMILES string of the molecule is CC(C)[C@H](NC(=O)Cc1ccccc1)C(=O)O[C@H](C)C(=O)Nc1cc(F)ccc1F. The van der Waals surface area contributed by atoms with Crippen molar-refractivity contribution in [3.05, 3.63) is 65.7 Å². The van der Waals surface area contributed by atoms with Crippen LogP contribution < -0.4 is 10.6 Å². The van der Waals surface area contributed by atoms with Gasteiger partial charge in [-0.3, -0.25) is 9.59 Å². The molecule has 0 heterocycles. The highest BCUT2D eigenvalue weighted by Crippen LogP contribution is 2.16. The van der Waals surface area contributed by atoms with Crippen molar-refractivity contribution in [1.29, 1.82) is 0 Å². The molecule has 160 valence electrons. The van der Waals surface area contributed by atoms with Crippen molar-refractivity contribution in [2.45, 2.75) is 39.3 Å². The van der Waals surface area contributed by atoms with E-state index in [2.05, 4.69) is 10.6 Å². The molecule has 2 atom stereocenters. The Hall–Kier alpha value is -3.29. The highest BCUT2D eigenvalue weighted by molar-refractivity contribution is 5.96. The molecule has 0 unspecified atom stereocenters. The van der Waals surface area contributed by atoms with E-state index in [1.54, 1.807) is 38.1 Å². The summed E-state index contributed by atoms with van der Waals surface area (Å²) < 4.78 is 32.1. The normalized spacial score (nSPS) is 12.7. The molecule has 0 aromatic heterocycles. The van der Waals surface area contributed by atoms with Gasteiger partial charge in [-0.15, -0.1) is 0 Å². The highest BCUT2D eigenvalue weighted by Gasteiger charge is 2.29. The molecule has 0 saturated carbocycles. The third-order valence-corrected chi connectivity index (χ3v) is 4.29. The first-order chi connectivity index (χ1) is 14.2. The molecule has 30 heavy (non-hydrogen) atoms. The molecular weight excluding hydrogens is 394 g/mol. The maximum absolute atomic E-state index is 13.7. The van der Waals surface area contributed by atoms with Gasteiger partial charge >= 0.3 is 5.97 Å². The minimum absolute atomic E-state index is 0.0895. The number of nitrogens with one attached hydrogen (secondary N) is 2. The largest absolute Gasteiger partial charge is 0.451 e. The van der Waals surface area contributed by atoms with E-state index in [1.165, 1.54) is 6.92 Å². The molecule has 0 fully saturated rings. The monoisotopic (exact) mass is 418 g/mol. The summed E-state index contributed by atoms with van der Waals surface area (Å²) in [5.41, 5.74) is 0.426. The van der Waals surface area contributed by atoms with Crippen molar-refractivity contribution in [3.63, 3.8) is 0 Å². The third kappa shape index (κ3) is 6.65. The van der Waals surface area contributed by atoms with Crippen molar-refractivity contribution in [2.24, 2.45) is 5.92 Å². The Morgan fingerprint density at radius 1 is 1.00 bits per heavy atom. The van der Waals surface area contributed by atoms with E-state index in [4.69, 9.17) is 4.74 Å². The molecule has 2 aromatic rings. The zero-order valence-electron chi connectivity index (χ0n) is 16.9. The minimum atomic E-state index is -1.28. The fraction of sp³-hybridized carbons (Fsp3) is 0.318. The first kappa shape index (κ1) is 23.0. The van der Waals surface area contributed by atoms with Gasteiger partial charge in [-0.25, -0.2) is 13.6 Å². The summed E-state index contributed by atoms with van der Waals surface area (Å²) in [5.74, 6) is -3.84. The number of hydrogen-bond acceptors (Lipinski definition) is 4. The van der Waals surface area contributed by atoms with Gasteiger partial charge in [0.15, 0.2) is 6.10 Å². The Morgan fingerprint density at radius 3 is 2.30 bits per heavy atom. The van der Waals surface area contributed by atoms with Crippen LogP contribution in [0.1, 0.15) is 26.3 Å². The summed E-state index contributed by atoms with van der Waals surface area (Å²) in [6.07, 6.45) is -1.20. The van der Waals surface area contributed by atoms with E-state index in [0.29, 0.717) is 0 Å². The second kappa shape index (κ2) is 10.5. The number of carbonyl (C=O) groups is 3. The second-order valence-electron chi connectivity index (χ2n) is 7.14. The molecular formula is C22H24F2N2O4. The first-order valence-electron chi connectivity index (χ1n) is 9.47. The zero-order chi connectivity index (χ0) is 22.3. The summed E-state index contributed by atoms with van der Waals surface area (Å²) in [4.78, 5) is 37.0. The van der Waals surface area contributed by atoms with E-state index >= 15 is 0 Å². The molecule has 0 spiro atoms. The Labute approximate surface area is 173 Å². The average Bonchev–Trinajstić information content (AvgIpc) is 2.69. The van der Waals surface area contributed by atoms with Crippen LogP contribution >= 0.6 is 0 Å². The van der Waals surface area contributed by atoms with Crippen LogP contribution in [0.25, 0.3) is 0 Å². The van der Waals surface area contributed by atoms with Crippen LogP contribution in [0.4, 0.5) is 14.5 Å². The molecule has 0 aliphatic heterocycles. The van der Waals surface area contributed by atoms with Crippen molar-refractivity contribution < 1.29 is 27.9 Å². The van der Waals surface area contributed by atoms with E-state index in [0.717, 1.165) is 23.8 Å². The van der Waals surface area contributed by atoms with Crippen LogP contribution in [0.2, 0.25) is 0 Å². The van der Waals surface area contributed by atoms with Crippen molar-refractivity contribution >= 4 is 23.5 Å². The quantitative estimate of drug-likeness (QED) is 0.645. The van der Waals surface area contributed by atoms with Gasteiger partial charge in [0, 0.05) is 6.07 Å². The molecule has 0 saturated heterocycles. The molecule has 0 bridgehead atoms. The summed E-state index contributed by atoms with van der Waals surface area (Å²) in [5, 5.41) is 4.80. The maximum atomic E-state index is 13.7. The lowest BCUT2D eigenvalue weighted by molar-refractivity contribution is -0.157. The number of rotatable bonds is 8. The first-order valence-corrected chi connectivity index (χ1v) is 9.47. The number of hydrogen-bond donors (Lipinski definition) is 2. The fourth-order valence-electron chi connectivity index (χ4n) is 2.63. The Balaban J connectivity index is 1.96. The number of halogens is 2. The van der Waals surface area contributed by atoms with E-state index in [1.807, 2.05) is 6.07 Å². The van der Waals surface area contributed by atoms with E-state index in [-0.39, 0.29) is 23.9 Å². The molecule has 0 aliphatic rings. The number of anilines is 1. The van der Waals surface area contributed by atoms with Gasteiger partial charge < -0.3 is 15.4 Å². The van der Waals surface area contributed by atoms with Crippen LogP contribution in [0.15, 0.2) is 48.5 Å². The van der Waals surface area contributed by atoms with Crippen molar-refractivity contribution in [3.8, 4) is 0 Å². The van der Waals surface area contributed by atoms with Gasteiger partial charge in [0.2, 0.25) is 5.91 Å². The van der Waals surface area contributed by atoms with E-state index < -0.39 is 35.7 Å². The van der Waals surface area contributed by atoms with E-state index in [9.17, 15) is 23.2 Å². The minimum Gasteiger partial charge on any atom is -0.451 e. The maximum Gasteiger partial charge on any atom is 0.329 e. The molecule has 6 nitrogen and oxygen atoms in total. The topological polar surface area (TPSA) is 84.5 Å². The molecule has 0 aliphatic carbocycles. The fourth-order valence-corrected chi connectivity index (χ4v) is 2.63. The zero-order valence-corrected chi connectivity index (χ0v) is 16.9. The number of amides is 2. The molecule has 2 rings (SSSR count). The van der Waals surface area contributed by atoms with Gasteiger partial charge in [-0.1, -0.05) is 44.2 Å². The van der Waals surface area contributed by atoms with Gasteiger partial charge in [0.25, 0.3) is 5.91 Å². The number of ether oxygens (including phenoxy) is 1. The molecule has 2 aromatic carbocycles. The highest BCUT2D eigenvalue weighted by atomic mass is 19.1. The van der Waals surface area contributed by atoms with Gasteiger partial charge in [-0.05, 0) is 30.5 Å². The van der Waals surface area contributed by atoms with Gasteiger partial charge in [0.05, 0.1) is 12.1 Å². The Morgan fingerprint density at radius 2 is 1.67 bits per heavy atom. The second-order valence-corrected chi connectivity index (χ2v) is 7.14. The lowest BCUT2D eigenvalue weighted by atomic mass is 10.0. The smallest absolute Gasteiger partial charge is 0.329 e. The van der Waals surface area contributed by atoms with Gasteiger partial charge in [0.1, 0.15) is 17.7 Å². The van der Waals surface area contributed by atoms with Crippen LogP contribution in [-0.4, -0.2) is 29.9 Å². The lowest BCUT2D eigenvalue weighted by Gasteiger charge is -2.23. The molecule has 2 amide bonds. The standard InChI is InChI=1S/C22H24F2N2O4/c1-13(2)20(26-19(27)11-15-7-5-4-6-8-15)22(29)30-14(3)21(28)25-18-12-16(23)9-10-17(18)24/h4-10,12-14,20H,11H2,1-3H3,(H,25,28)(H,26,27)/t14-,20+/m1/s1. The van der Waals surface area contributed by atoms with Crippen LogP contribution in [-0.2, 0) is 25.5 Å². The molecule has 0 radical (unpaired) electrons. The predicted octanol–water partition coefficient (Wildman–Crippen LogP) is 3.22. The Kier molecular flexibility index (Phi) is 8.03. The molecule has 2 N–H and O–H groups in total. The summed E-state index contributed by atoms with van der Waals surface area (Å²) in [6, 6.07) is 10.7.